The van der Waals surface area contributed by atoms with Gasteiger partial charge >= 0.3 is 0 Å². The summed E-state index contributed by atoms with van der Waals surface area (Å²) in [5.41, 5.74) is 3.42. The van der Waals surface area contributed by atoms with Gasteiger partial charge in [-0.05, 0) is 69.2 Å². The van der Waals surface area contributed by atoms with Crippen molar-refractivity contribution in [3.63, 3.8) is 0 Å². The van der Waals surface area contributed by atoms with Crippen molar-refractivity contribution in [2.75, 3.05) is 44.2 Å². The van der Waals surface area contributed by atoms with E-state index in [0.29, 0.717) is 16.0 Å². The largest absolute Gasteiger partial charge is 0.396 e. The van der Waals surface area contributed by atoms with E-state index in [9.17, 15) is 0 Å². The fourth-order valence-electron chi connectivity index (χ4n) is 5.41. The molecule has 1 N–H and O–H groups in total. The van der Waals surface area contributed by atoms with Gasteiger partial charge in [0.15, 0.2) is 5.65 Å². The van der Waals surface area contributed by atoms with Crippen molar-refractivity contribution in [3.05, 3.63) is 45.7 Å². The maximum atomic E-state index is 9.15. The molecule has 7 nitrogen and oxygen atoms in total. The molecule has 5 rings (SSSR count). The van der Waals surface area contributed by atoms with Gasteiger partial charge in [0.1, 0.15) is 11.3 Å². The third-order valence-corrected chi connectivity index (χ3v) is 7.98. The summed E-state index contributed by atoms with van der Waals surface area (Å²) in [6.07, 6.45) is 5.30. The highest BCUT2D eigenvalue weighted by molar-refractivity contribution is 6.35. The van der Waals surface area contributed by atoms with Crippen molar-refractivity contribution >= 4 is 40.2 Å². The molecule has 2 aromatic heterocycles. The Hall–Kier alpha value is -1.93. The number of aliphatic hydroxyl groups excluding tert-OH is 1. The number of hydrogen-bond acceptors (Lipinski definition) is 6. The van der Waals surface area contributed by atoms with Crippen molar-refractivity contribution < 1.29 is 5.11 Å². The van der Waals surface area contributed by atoms with E-state index in [1.165, 1.54) is 12.8 Å². The zero-order chi connectivity index (χ0) is 23.8. The summed E-state index contributed by atoms with van der Waals surface area (Å²) in [7, 11) is 0. The molecule has 0 aliphatic carbocycles. The third kappa shape index (κ3) is 4.63. The molecule has 3 aromatic rings. The predicted molar refractivity (Wildman–Crippen MR) is 137 cm³/mol. The molecule has 9 heteroatoms. The van der Waals surface area contributed by atoms with E-state index < -0.39 is 0 Å². The number of piperidine rings is 1. The monoisotopic (exact) mass is 502 g/mol. The second-order valence-corrected chi connectivity index (χ2v) is 10.6. The lowest BCUT2D eigenvalue weighted by molar-refractivity contribution is 0.112. The van der Waals surface area contributed by atoms with E-state index in [0.717, 1.165) is 73.3 Å². The molecule has 0 saturated carbocycles. The minimum Gasteiger partial charge on any atom is -0.396 e. The fraction of sp³-hybridized carbons (Fsp3) is 0.560. The van der Waals surface area contributed by atoms with Crippen LogP contribution in [0.3, 0.4) is 0 Å². The van der Waals surface area contributed by atoms with Gasteiger partial charge in [0.25, 0.3) is 0 Å². The summed E-state index contributed by atoms with van der Waals surface area (Å²) in [6.45, 7) is 9.66. The number of rotatable bonds is 7. The van der Waals surface area contributed by atoms with Gasteiger partial charge in [-0.1, -0.05) is 29.3 Å². The van der Waals surface area contributed by atoms with Gasteiger partial charge in [-0.3, -0.25) is 0 Å². The molecule has 0 radical (unpaired) electrons. The van der Waals surface area contributed by atoms with E-state index in [1.54, 1.807) is 6.07 Å². The number of aromatic nitrogens is 4. The number of halogens is 2. The van der Waals surface area contributed by atoms with Gasteiger partial charge in [-0.25, -0.2) is 14.6 Å². The first-order valence-electron chi connectivity index (χ1n) is 12.2. The molecule has 34 heavy (non-hydrogen) atoms. The van der Waals surface area contributed by atoms with Crippen LogP contribution < -0.4 is 4.90 Å². The Bertz CT molecular complexity index is 1160. The zero-order valence-corrected chi connectivity index (χ0v) is 21.3. The van der Waals surface area contributed by atoms with Crippen LogP contribution in [0.1, 0.15) is 43.5 Å². The van der Waals surface area contributed by atoms with E-state index in [1.807, 2.05) is 29.9 Å². The number of fused-ring (bicyclic) bond motifs is 1. The Morgan fingerprint density at radius 2 is 2.00 bits per heavy atom. The van der Waals surface area contributed by atoms with Crippen LogP contribution in [0.15, 0.2) is 24.4 Å². The normalized spacial score (nSPS) is 20.6. The summed E-state index contributed by atoms with van der Waals surface area (Å²) in [5, 5.41) is 15.1. The maximum Gasteiger partial charge on any atom is 0.179 e. The molecular formula is C25H32Cl2N6O. The van der Waals surface area contributed by atoms with Gasteiger partial charge in [-0.15, -0.1) is 0 Å². The van der Waals surface area contributed by atoms with E-state index in [4.69, 9.17) is 43.4 Å². The Morgan fingerprint density at radius 1 is 1.18 bits per heavy atom. The fourth-order valence-corrected chi connectivity index (χ4v) is 5.97. The Balaban J connectivity index is 1.32. The first-order chi connectivity index (χ1) is 16.4. The number of hydrogen-bond donors (Lipinski definition) is 1. The lowest BCUT2D eigenvalue weighted by Gasteiger charge is -2.47. The molecule has 0 amide bonds. The molecule has 182 valence electrons. The third-order valence-electron chi connectivity index (χ3n) is 7.41. The molecule has 2 saturated heterocycles. The molecule has 1 aromatic carbocycles. The molecule has 4 heterocycles. The van der Waals surface area contributed by atoms with Gasteiger partial charge < -0.3 is 14.9 Å². The lowest BCUT2D eigenvalue weighted by Crippen LogP contribution is -2.54. The van der Waals surface area contributed by atoms with Crippen molar-refractivity contribution in [2.24, 2.45) is 11.8 Å². The molecule has 2 aliphatic heterocycles. The van der Waals surface area contributed by atoms with Crippen molar-refractivity contribution in [1.29, 1.82) is 0 Å². The maximum absolute atomic E-state index is 9.15. The van der Waals surface area contributed by atoms with Gasteiger partial charge in [-0.2, -0.15) is 5.10 Å². The predicted octanol–water partition coefficient (Wildman–Crippen LogP) is 4.58. The van der Waals surface area contributed by atoms with Crippen LogP contribution >= 0.6 is 23.2 Å². The minimum absolute atomic E-state index is 0.0956. The number of likely N-dealkylation sites (tertiary alicyclic amines) is 1. The van der Waals surface area contributed by atoms with E-state index in [-0.39, 0.29) is 12.6 Å². The van der Waals surface area contributed by atoms with Crippen LogP contribution in [0.4, 0.5) is 5.82 Å². The van der Waals surface area contributed by atoms with Crippen LogP contribution in [-0.4, -0.2) is 69.1 Å². The number of aryl methyl sites for hydroxylation is 1. The molecular weight excluding hydrogens is 471 g/mol. The molecule has 2 fully saturated rings. The first kappa shape index (κ1) is 23.8. The smallest absolute Gasteiger partial charge is 0.179 e. The topological polar surface area (TPSA) is 70.3 Å². The van der Waals surface area contributed by atoms with E-state index in [2.05, 4.69) is 16.7 Å². The standard InChI is InChI=1S/C25H32Cl2N6O/c1-16-24-25(33(30-16)17(2)21-7-6-20(26)11-22(21)27)29-23(12-28-24)32-14-19(15-32)18-5-3-8-31(13-18)9-4-10-34/h6-7,11-12,17-19,34H,3-5,8-10,13-15H2,1-2H3/t17?,18-/m0/s1. The number of anilines is 1. The second-order valence-electron chi connectivity index (χ2n) is 9.72. The number of aliphatic hydroxyl groups is 1. The van der Waals surface area contributed by atoms with Crippen LogP contribution in [0.2, 0.25) is 10.0 Å². The highest BCUT2D eigenvalue weighted by atomic mass is 35.5. The molecule has 1 unspecified atom stereocenters. The summed E-state index contributed by atoms with van der Waals surface area (Å²) < 4.78 is 1.92. The summed E-state index contributed by atoms with van der Waals surface area (Å²) in [4.78, 5) is 14.6. The van der Waals surface area contributed by atoms with Gasteiger partial charge in [0, 0.05) is 42.8 Å². The molecule has 0 spiro atoms. The van der Waals surface area contributed by atoms with Crippen LogP contribution in [-0.2, 0) is 0 Å². The molecule has 2 aliphatic rings. The van der Waals surface area contributed by atoms with Crippen molar-refractivity contribution in [1.82, 2.24) is 24.6 Å². The first-order valence-corrected chi connectivity index (χ1v) is 12.9. The van der Waals surface area contributed by atoms with Crippen molar-refractivity contribution in [2.45, 2.75) is 39.2 Å². The summed E-state index contributed by atoms with van der Waals surface area (Å²) in [5.74, 6) is 2.32. The average Bonchev–Trinajstić information content (AvgIpc) is 3.12. The van der Waals surface area contributed by atoms with Gasteiger partial charge in [0.05, 0.1) is 17.9 Å². The molecule has 2 atom stereocenters. The Labute approximate surface area is 210 Å². The quantitative estimate of drug-likeness (QED) is 0.509. The lowest BCUT2D eigenvalue weighted by atomic mass is 9.80. The Kier molecular flexibility index (Phi) is 6.98. The summed E-state index contributed by atoms with van der Waals surface area (Å²) >= 11 is 12.6. The highest BCUT2D eigenvalue weighted by Crippen LogP contribution is 2.35. The van der Waals surface area contributed by atoms with Crippen LogP contribution in [0.25, 0.3) is 11.2 Å². The average molecular weight is 503 g/mol. The highest BCUT2D eigenvalue weighted by Gasteiger charge is 2.36. The van der Waals surface area contributed by atoms with E-state index >= 15 is 0 Å². The second kappa shape index (κ2) is 9.97. The SMILES string of the molecule is Cc1nn(C(C)c2ccc(Cl)cc2Cl)c2nc(N3CC([C@H]4CCCN(CCCO)C4)C3)cnc12. The van der Waals surface area contributed by atoms with Crippen LogP contribution in [0, 0.1) is 18.8 Å². The minimum atomic E-state index is -0.0956. The molecule has 0 bridgehead atoms. The Morgan fingerprint density at radius 3 is 2.76 bits per heavy atom. The van der Waals surface area contributed by atoms with Gasteiger partial charge in [0.2, 0.25) is 0 Å². The summed E-state index contributed by atoms with van der Waals surface area (Å²) in [6, 6.07) is 5.47. The zero-order valence-electron chi connectivity index (χ0n) is 19.8. The number of nitrogens with zero attached hydrogens (tertiary/aromatic N) is 6. The number of benzene rings is 1. The van der Waals surface area contributed by atoms with Crippen LogP contribution in [0.5, 0.6) is 0 Å². The van der Waals surface area contributed by atoms with Crippen molar-refractivity contribution in [3.8, 4) is 0 Å².